The maximum absolute atomic E-state index is 6.23. The maximum atomic E-state index is 6.23. The lowest BCUT2D eigenvalue weighted by Crippen LogP contribution is -2.12. The van der Waals surface area contributed by atoms with Gasteiger partial charge in [-0.3, -0.25) is 0 Å². The summed E-state index contributed by atoms with van der Waals surface area (Å²) in [5.41, 5.74) is 1.14. The molecule has 2 rings (SSSR count). The number of nitrogens with one attached hydrogen (secondary N) is 1. The maximum Gasteiger partial charge on any atom is 0.146 e. The van der Waals surface area contributed by atoms with Gasteiger partial charge in [-0.05, 0) is 43.8 Å². The van der Waals surface area contributed by atoms with Crippen molar-refractivity contribution in [3.05, 3.63) is 59.1 Å². The molecule has 0 saturated heterocycles. The average Bonchev–Trinajstić information content (AvgIpc) is 2.41. The number of ether oxygens (including phenoxy) is 1. The van der Waals surface area contributed by atoms with E-state index in [9.17, 15) is 0 Å². The first-order chi connectivity index (χ1) is 8.70. The monoisotopic (exact) mass is 261 g/mol. The Morgan fingerprint density at radius 2 is 1.83 bits per heavy atom. The zero-order valence-corrected chi connectivity index (χ0v) is 11.2. The Morgan fingerprint density at radius 3 is 2.44 bits per heavy atom. The average molecular weight is 262 g/mol. The van der Waals surface area contributed by atoms with Crippen molar-refractivity contribution in [1.29, 1.82) is 0 Å². The fraction of sp³-hybridized carbons (Fsp3) is 0.200. The first kappa shape index (κ1) is 12.9. The van der Waals surface area contributed by atoms with E-state index in [-0.39, 0.29) is 6.04 Å². The molecule has 0 amide bonds. The van der Waals surface area contributed by atoms with Crippen molar-refractivity contribution in [2.45, 2.75) is 13.0 Å². The van der Waals surface area contributed by atoms with E-state index in [1.165, 1.54) is 0 Å². The molecule has 2 aromatic rings. The molecule has 0 saturated carbocycles. The van der Waals surface area contributed by atoms with Crippen LogP contribution in [0.2, 0.25) is 5.02 Å². The number of halogens is 1. The van der Waals surface area contributed by atoms with Gasteiger partial charge >= 0.3 is 0 Å². The number of benzene rings is 2. The molecule has 3 heteroatoms. The van der Waals surface area contributed by atoms with Crippen molar-refractivity contribution in [2.75, 3.05) is 7.05 Å². The second kappa shape index (κ2) is 5.89. The summed E-state index contributed by atoms with van der Waals surface area (Å²) in [5.74, 6) is 1.46. The Hall–Kier alpha value is -1.51. The van der Waals surface area contributed by atoms with Crippen molar-refractivity contribution >= 4 is 11.6 Å². The number of hydrogen-bond donors (Lipinski definition) is 1. The molecule has 1 unspecified atom stereocenters. The van der Waals surface area contributed by atoms with Crippen molar-refractivity contribution in [1.82, 2.24) is 5.32 Å². The summed E-state index contributed by atoms with van der Waals surface area (Å²) < 4.78 is 5.73. The summed E-state index contributed by atoms with van der Waals surface area (Å²) in [6, 6.07) is 15.7. The third kappa shape index (κ3) is 3.03. The summed E-state index contributed by atoms with van der Waals surface area (Å²) in [6.45, 7) is 2.09. The second-order valence-corrected chi connectivity index (χ2v) is 4.52. The molecule has 1 atom stereocenters. The van der Waals surface area contributed by atoms with Crippen LogP contribution in [0.1, 0.15) is 18.5 Å². The lowest BCUT2D eigenvalue weighted by Gasteiger charge is -2.13. The van der Waals surface area contributed by atoms with E-state index >= 15 is 0 Å². The standard InChI is InChI=1S/C15H16ClNO/c1-11(17-2)12-8-9-15(14(16)10-12)18-13-6-4-3-5-7-13/h3-11,17H,1-2H3. The highest BCUT2D eigenvalue weighted by atomic mass is 35.5. The van der Waals surface area contributed by atoms with E-state index < -0.39 is 0 Å². The second-order valence-electron chi connectivity index (χ2n) is 4.12. The van der Waals surface area contributed by atoms with Gasteiger partial charge in [0.2, 0.25) is 0 Å². The van der Waals surface area contributed by atoms with E-state index in [1.807, 2.05) is 55.6 Å². The molecular weight excluding hydrogens is 246 g/mol. The van der Waals surface area contributed by atoms with Crippen LogP contribution < -0.4 is 10.1 Å². The minimum Gasteiger partial charge on any atom is -0.456 e. The summed E-state index contributed by atoms with van der Waals surface area (Å²) in [4.78, 5) is 0. The molecule has 94 valence electrons. The minimum absolute atomic E-state index is 0.272. The molecule has 0 aliphatic rings. The molecule has 2 nitrogen and oxygen atoms in total. The Balaban J connectivity index is 2.20. The van der Waals surface area contributed by atoms with Crippen LogP contribution in [0.15, 0.2) is 48.5 Å². The van der Waals surface area contributed by atoms with Gasteiger partial charge in [0.05, 0.1) is 5.02 Å². The van der Waals surface area contributed by atoms with E-state index in [0.717, 1.165) is 11.3 Å². The van der Waals surface area contributed by atoms with Gasteiger partial charge in [0.1, 0.15) is 11.5 Å². The highest BCUT2D eigenvalue weighted by molar-refractivity contribution is 6.32. The van der Waals surface area contributed by atoms with Crippen molar-refractivity contribution in [3.8, 4) is 11.5 Å². The molecule has 0 aliphatic carbocycles. The smallest absolute Gasteiger partial charge is 0.146 e. The van der Waals surface area contributed by atoms with Crippen LogP contribution in [-0.4, -0.2) is 7.05 Å². The zero-order chi connectivity index (χ0) is 13.0. The highest BCUT2D eigenvalue weighted by Crippen LogP contribution is 2.31. The molecule has 2 aromatic carbocycles. The molecule has 0 heterocycles. The Labute approximate surface area is 113 Å². The molecule has 0 aromatic heterocycles. The van der Waals surface area contributed by atoms with Crippen LogP contribution in [0.5, 0.6) is 11.5 Å². The zero-order valence-electron chi connectivity index (χ0n) is 10.5. The van der Waals surface area contributed by atoms with E-state index in [2.05, 4.69) is 12.2 Å². The van der Waals surface area contributed by atoms with Gasteiger partial charge in [-0.15, -0.1) is 0 Å². The quantitative estimate of drug-likeness (QED) is 0.880. The largest absolute Gasteiger partial charge is 0.456 e. The van der Waals surface area contributed by atoms with Gasteiger partial charge in [-0.25, -0.2) is 0 Å². The lowest BCUT2D eigenvalue weighted by molar-refractivity contribution is 0.482. The predicted molar refractivity (Wildman–Crippen MR) is 75.4 cm³/mol. The Kier molecular flexibility index (Phi) is 4.24. The SMILES string of the molecule is CNC(C)c1ccc(Oc2ccccc2)c(Cl)c1. The highest BCUT2D eigenvalue weighted by Gasteiger charge is 2.07. The van der Waals surface area contributed by atoms with Gasteiger partial charge in [0.25, 0.3) is 0 Å². The summed E-state index contributed by atoms with van der Waals surface area (Å²) in [5, 5.41) is 3.80. The lowest BCUT2D eigenvalue weighted by atomic mass is 10.1. The molecule has 0 bridgehead atoms. The molecule has 18 heavy (non-hydrogen) atoms. The van der Waals surface area contributed by atoms with E-state index in [1.54, 1.807) is 0 Å². The fourth-order valence-corrected chi connectivity index (χ4v) is 1.88. The van der Waals surface area contributed by atoms with E-state index in [0.29, 0.717) is 10.8 Å². The van der Waals surface area contributed by atoms with Gasteiger partial charge in [-0.1, -0.05) is 35.9 Å². The van der Waals surface area contributed by atoms with Crippen molar-refractivity contribution < 1.29 is 4.74 Å². The minimum atomic E-state index is 0.272. The van der Waals surface area contributed by atoms with Crippen LogP contribution >= 0.6 is 11.6 Å². The van der Waals surface area contributed by atoms with Gasteiger partial charge < -0.3 is 10.1 Å². The van der Waals surface area contributed by atoms with Crippen LogP contribution in [0, 0.1) is 0 Å². The number of para-hydroxylation sites is 1. The predicted octanol–water partition coefficient (Wildman–Crippen LogP) is 4.41. The molecule has 0 spiro atoms. The topological polar surface area (TPSA) is 21.3 Å². The molecule has 0 fully saturated rings. The van der Waals surface area contributed by atoms with Crippen molar-refractivity contribution in [2.24, 2.45) is 0 Å². The Morgan fingerprint density at radius 1 is 1.11 bits per heavy atom. The summed E-state index contributed by atoms with van der Waals surface area (Å²) in [7, 11) is 1.92. The van der Waals surface area contributed by atoms with Crippen molar-refractivity contribution in [3.63, 3.8) is 0 Å². The van der Waals surface area contributed by atoms with Crippen LogP contribution in [0.3, 0.4) is 0 Å². The summed E-state index contributed by atoms with van der Waals surface area (Å²) in [6.07, 6.45) is 0. The third-order valence-corrected chi connectivity index (χ3v) is 3.16. The number of rotatable bonds is 4. The van der Waals surface area contributed by atoms with Crippen LogP contribution in [-0.2, 0) is 0 Å². The first-order valence-corrected chi connectivity index (χ1v) is 6.28. The fourth-order valence-electron chi connectivity index (χ4n) is 1.65. The first-order valence-electron chi connectivity index (χ1n) is 5.90. The number of hydrogen-bond acceptors (Lipinski definition) is 2. The normalized spacial score (nSPS) is 12.2. The Bertz CT molecular complexity index is 513. The third-order valence-electron chi connectivity index (χ3n) is 2.86. The molecule has 0 radical (unpaired) electrons. The van der Waals surface area contributed by atoms with Crippen LogP contribution in [0.4, 0.5) is 0 Å². The van der Waals surface area contributed by atoms with Gasteiger partial charge in [-0.2, -0.15) is 0 Å². The van der Waals surface area contributed by atoms with E-state index in [4.69, 9.17) is 16.3 Å². The van der Waals surface area contributed by atoms with Gasteiger partial charge in [0.15, 0.2) is 0 Å². The molecular formula is C15H16ClNO. The van der Waals surface area contributed by atoms with Crippen LogP contribution in [0.25, 0.3) is 0 Å². The summed E-state index contributed by atoms with van der Waals surface area (Å²) >= 11 is 6.23. The van der Waals surface area contributed by atoms with Gasteiger partial charge in [0, 0.05) is 6.04 Å². The molecule has 0 aliphatic heterocycles. The molecule has 1 N–H and O–H groups in total.